The molecule has 15 heavy (non-hydrogen) atoms. The molecule has 1 aromatic rings. The van der Waals surface area contributed by atoms with Crippen molar-refractivity contribution < 1.29 is 14.3 Å². The van der Waals surface area contributed by atoms with Crippen LogP contribution in [0.15, 0.2) is 24.3 Å². The third-order valence-corrected chi connectivity index (χ3v) is 2.16. The number of unbranched alkanes of at least 4 members (excludes halogenated alkanes) is 1. The van der Waals surface area contributed by atoms with Crippen molar-refractivity contribution in [2.75, 3.05) is 7.11 Å². The zero-order valence-corrected chi connectivity index (χ0v) is 8.73. The van der Waals surface area contributed by atoms with Crippen LogP contribution < -0.4 is 0 Å². The van der Waals surface area contributed by atoms with E-state index in [1.165, 1.54) is 7.11 Å². The maximum atomic E-state index is 11.1. The third-order valence-electron chi connectivity index (χ3n) is 2.16. The maximum absolute atomic E-state index is 11.1. The van der Waals surface area contributed by atoms with Crippen LogP contribution in [0.25, 0.3) is 0 Å². The van der Waals surface area contributed by atoms with Gasteiger partial charge in [-0.15, -0.1) is 0 Å². The van der Waals surface area contributed by atoms with Crippen molar-refractivity contribution >= 4 is 12.3 Å². The Hall–Kier alpha value is -1.64. The largest absolute Gasteiger partial charge is 0.465 e. The quantitative estimate of drug-likeness (QED) is 0.420. The molecular formula is C12H14O3. The van der Waals surface area contributed by atoms with Crippen LogP contribution in [-0.2, 0) is 16.0 Å². The lowest BCUT2D eigenvalue weighted by atomic mass is 10.1. The zero-order chi connectivity index (χ0) is 11.1. The summed E-state index contributed by atoms with van der Waals surface area (Å²) in [7, 11) is 1.36. The summed E-state index contributed by atoms with van der Waals surface area (Å²) in [6.07, 6.45) is 3.21. The van der Waals surface area contributed by atoms with Gasteiger partial charge in [0.1, 0.15) is 6.29 Å². The minimum Gasteiger partial charge on any atom is -0.465 e. The van der Waals surface area contributed by atoms with Crippen molar-refractivity contribution in [3.8, 4) is 0 Å². The van der Waals surface area contributed by atoms with Crippen LogP contribution in [-0.4, -0.2) is 19.4 Å². The van der Waals surface area contributed by atoms with E-state index < -0.39 is 0 Å². The summed E-state index contributed by atoms with van der Waals surface area (Å²) < 4.78 is 4.59. The van der Waals surface area contributed by atoms with Gasteiger partial charge >= 0.3 is 5.97 Å². The molecule has 0 spiro atoms. The topological polar surface area (TPSA) is 43.4 Å². The molecule has 0 saturated heterocycles. The van der Waals surface area contributed by atoms with E-state index in [4.69, 9.17) is 0 Å². The molecule has 0 radical (unpaired) electrons. The molecule has 0 amide bonds. The number of aldehydes is 1. The predicted octanol–water partition coefficient (Wildman–Crippen LogP) is 1.99. The van der Waals surface area contributed by atoms with E-state index >= 15 is 0 Å². The van der Waals surface area contributed by atoms with Crippen molar-refractivity contribution in [3.63, 3.8) is 0 Å². The Morgan fingerprint density at radius 3 is 2.53 bits per heavy atom. The molecule has 0 atom stereocenters. The number of benzene rings is 1. The Balaban J connectivity index is 2.56. The molecule has 0 aliphatic carbocycles. The SMILES string of the molecule is COC(=O)c1ccc(CCCC=O)cc1. The molecule has 0 aromatic heterocycles. The molecule has 1 rings (SSSR count). The third kappa shape index (κ3) is 3.54. The Bertz CT molecular complexity index is 327. The van der Waals surface area contributed by atoms with Crippen molar-refractivity contribution in [3.05, 3.63) is 35.4 Å². The molecule has 1 aromatic carbocycles. The van der Waals surface area contributed by atoms with Crippen LogP contribution in [0.4, 0.5) is 0 Å². The second-order valence-corrected chi connectivity index (χ2v) is 3.25. The molecular weight excluding hydrogens is 192 g/mol. The molecule has 0 heterocycles. The lowest BCUT2D eigenvalue weighted by molar-refractivity contribution is -0.107. The van der Waals surface area contributed by atoms with Gasteiger partial charge in [0, 0.05) is 6.42 Å². The number of hydrogen-bond acceptors (Lipinski definition) is 3. The number of hydrogen-bond donors (Lipinski definition) is 0. The van der Waals surface area contributed by atoms with Crippen molar-refractivity contribution in [2.45, 2.75) is 19.3 Å². The molecule has 3 heteroatoms. The lowest BCUT2D eigenvalue weighted by Crippen LogP contribution is -2.00. The molecule has 3 nitrogen and oxygen atoms in total. The fourth-order valence-corrected chi connectivity index (χ4v) is 1.31. The van der Waals surface area contributed by atoms with E-state index in [-0.39, 0.29) is 5.97 Å². The highest BCUT2D eigenvalue weighted by molar-refractivity contribution is 5.89. The lowest BCUT2D eigenvalue weighted by Gasteiger charge is -2.01. The van der Waals surface area contributed by atoms with Gasteiger partial charge in [-0.25, -0.2) is 4.79 Å². The van der Waals surface area contributed by atoms with Gasteiger partial charge in [0.15, 0.2) is 0 Å². The van der Waals surface area contributed by atoms with E-state index in [0.717, 1.165) is 24.7 Å². The van der Waals surface area contributed by atoms with Gasteiger partial charge in [0.25, 0.3) is 0 Å². The highest BCUT2D eigenvalue weighted by Crippen LogP contribution is 2.08. The fraction of sp³-hybridized carbons (Fsp3) is 0.333. The first-order valence-electron chi connectivity index (χ1n) is 4.89. The van der Waals surface area contributed by atoms with Crippen LogP contribution in [0.2, 0.25) is 0 Å². The van der Waals surface area contributed by atoms with E-state index in [9.17, 15) is 9.59 Å². The zero-order valence-electron chi connectivity index (χ0n) is 8.73. The summed E-state index contributed by atoms with van der Waals surface area (Å²) >= 11 is 0. The number of carbonyl (C=O) groups excluding carboxylic acids is 2. The smallest absolute Gasteiger partial charge is 0.337 e. The normalized spacial score (nSPS) is 9.67. The van der Waals surface area contributed by atoms with Crippen LogP contribution >= 0.6 is 0 Å². The van der Waals surface area contributed by atoms with Gasteiger partial charge in [-0.1, -0.05) is 12.1 Å². The Morgan fingerprint density at radius 1 is 1.33 bits per heavy atom. The summed E-state index contributed by atoms with van der Waals surface area (Å²) in [4.78, 5) is 21.2. The molecule has 0 aliphatic heterocycles. The molecule has 80 valence electrons. The molecule has 0 bridgehead atoms. The van der Waals surface area contributed by atoms with E-state index in [2.05, 4.69) is 4.74 Å². The molecule has 0 aliphatic rings. The van der Waals surface area contributed by atoms with Gasteiger partial charge in [-0.05, 0) is 30.5 Å². The fourth-order valence-electron chi connectivity index (χ4n) is 1.31. The molecule has 0 N–H and O–H groups in total. The summed E-state index contributed by atoms with van der Waals surface area (Å²) in [6, 6.07) is 7.25. The molecule has 0 unspecified atom stereocenters. The van der Waals surface area contributed by atoms with Gasteiger partial charge < -0.3 is 9.53 Å². The van der Waals surface area contributed by atoms with E-state index in [1.807, 2.05) is 12.1 Å². The molecule has 0 fully saturated rings. The second-order valence-electron chi connectivity index (χ2n) is 3.25. The van der Waals surface area contributed by atoms with Gasteiger partial charge in [-0.3, -0.25) is 0 Å². The molecule has 0 saturated carbocycles. The minimum absolute atomic E-state index is 0.325. The summed E-state index contributed by atoms with van der Waals surface area (Å²) in [5.74, 6) is -0.325. The van der Waals surface area contributed by atoms with Crippen molar-refractivity contribution in [2.24, 2.45) is 0 Å². The maximum Gasteiger partial charge on any atom is 0.337 e. The van der Waals surface area contributed by atoms with Crippen molar-refractivity contribution in [1.29, 1.82) is 0 Å². The van der Waals surface area contributed by atoms with Crippen LogP contribution in [0.3, 0.4) is 0 Å². The van der Waals surface area contributed by atoms with Crippen molar-refractivity contribution in [1.82, 2.24) is 0 Å². The number of methoxy groups -OCH3 is 1. The Labute approximate surface area is 89.1 Å². The Kier molecular flexibility index (Phi) is 4.54. The van der Waals surface area contributed by atoms with Crippen LogP contribution in [0.5, 0.6) is 0 Å². The Morgan fingerprint density at radius 2 is 2.00 bits per heavy atom. The average molecular weight is 206 g/mol. The number of carbonyl (C=O) groups is 2. The number of rotatable bonds is 5. The number of ether oxygens (including phenoxy) is 1. The summed E-state index contributed by atoms with van der Waals surface area (Å²) in [5.41, 5.74) is 1.68. The second kappa shape index (κ2) is 5.96. The standard InChI is InChI=1S/C12H14O3/c1-15-12(14)11-7-5-10(6-8-11)4-2-3-9-13/h5-9H,2-4H2,1H3. The van der Waals surface area contributed by atoms with Gasteiger partial charge in [0.2, 0.25) is 0 Å². The van der Waals surface area contributed by atoms with E-state index in [1.54, 1.807) is 12.1 Å². The first kappa shape index (κ1) is 11.4. The summed E-state index contributed by atoms with van der Waals surface area (Å²) in [6.45, 7) is 0. The first-order valence-corrected chi connectivity index (χ1v) is 4.89. The first-order chi connectivity index (χ1) is 7.27. The highest BCUT2D eigenvalue weighted by atomic mass is 16.5. The van der Waals surface area contributed by atoms with Gasteiger partial charge in [0.05, 0.1) is 12.7 Å². The van der Waals surface area contributed by atoms with Gasteiger partial charge in [-0.2, -0.15) is 0 Å². The number of aryl methyl sites for hydroxylation is 1. The highest BCUT2D eigenvalue weighted by Gasteiger charge is 2.03. The van der Waals surface area contributed by atoms with Crippen LogP contribution in [0.1, 0.15) is 28.8 Å². The monoisotopic (exact) mass is 206 g/mol. The minimum atomic E-state index is -0.325. The average Bonchev–Trinajstić information content (AvgIpc) is 2.29. The van der Waals surface area contributed by atoms with Crippen LogP contribution in [0, 0.1) is 0 Å². The summed E-state index contributed by atoms with van der Waals surface area (Å²) in [5, 5.41) is 0. The predicted molar refractivity (Wildman–Crippen MR) is 56.8 cm³/mol. The number of esters is 1. The van der Waals surface area contributed by atoms with E-state index in [0.29, 0.717) is 12.0 Å².